The molecule has 1 aliphatic rings. The summed E-state index contributed by atoms with van der Waals surface area (Å²) >= 11 is 0. The average Bonchev–Trinajstić information content (AvgIpc) is 2.46. The van der Waals surface area contributed by atoms with Crippen LogP contribution in [0.4, 0.5) is 0 Å². The molecule has 4 heteroatoms. The molecular weight excluding hydrogens is 250 g/mol. The largest absolute Gasteiger partial charge is 0.366 e. The first-order chi connectivity index (χ1) is 9.65. The minimum absolute atomic E-state index is 0.372. The number of nitrogens with two attached hydrogens (primary N) is 1. The van der Waals surface area contributed by atoms with E-state index >= 15 is 0 Å². The summed E-state index contributed by atoms with van der Waals surface area (Å²) in [4.78, 5) is 13.5. The van der Waals surface area contributed by atoms with Crippen molar-refractivity contribution in [2.45, 2.75) is 38.8 Å². The monoisotopic (exact) mass is 275 g/mol. The third kappa shape index (κ3) is 4.62. The van der Waals surface area contributed by atoms with E-state index < -0.39 is 0 Å². The van der Waals surface area contributed by atoms with Gasteiger partial charge >= 0.3 is 0 Å². The Labute approximate surface area is 121 Å². The number of nitrogens with zero attached hydrogens (tertiary/aromatic N) is 1. The quantitative estimate of drug-likeness (QED) is 0.831. The molecule has 0 saturated carbocycles. The summed E-state index contributed by atoms with van der Waals surface area (Å²) in [5, 5.41) is 3.54. The molecular formula is C16H25N3O. The fourth-order valence-electron chi connectivity index (χ4n) is 2.67. The minimum atomic E-state index is -0.372. The topological polar surface area (TPSA) is 58.4 Å². The van der Waals surface area contributed by atoms with Gasteiger partial charge in [-0.2, -0.15) is 0 Å². The summed E-state index contributed by atoms with van der Waals surface area (Å²) in [7, 11) is 0. The predicted octanol–water partition coefficient (Wildman–Crippen LogP) is 1.75. The van der Waals surface area contributed by atoms with Gasteiger partial charge in [0.05, 0.1) is 0 Å². The number of hydrogen-bond acceptors (Lipinski definition) is 3. The molecule has 1 fully saturated rings. The zero-order valence-electron chi connectivity index (χ0n) is 12.3. The standard InChI is InChI=1S/C16H25N3O/c1-13(12-19-9-3-2-4-10-19)18-11-14-5-7-15(8-6-14)16(17)20/h5-8,13,18H,2-4,9-12H2,1H3,(H2,17,20). The van der Waals surface area contributed by atoms with Gasteiger partial charge in [-0.25, -0.2) is 0 Å². The molecule has 1 unspecified atom stereocenters. The van der Waals surface area contributed by atoms with Gasteiger partial charge in [-0.05, 0) is 50.6 Å². The Morgan fingerprint density at radius 1 is 1.25 bits per heavy atom. The number of benzene rings is 1. The van der Waals surface area contributed by atoms with Gasteiger partial charge in [0.25, 0.3) is 0 Å². The Morgan fingerprint density at radius 3 is 2.50 bits per heavy atom. The van der Waals surface area contributed by atoms with Gasteiger partial charge in [0, 0.05) is 24.7 Å². The Hall–Kier alpha value is -1.39. The lowest BCUT2D eigenvalue weighted by Crippen LogP contribution is -2.41. The van der Waals surface area contributed by atoms with Crippen molar-refractivity contribution in [1.29, 1.82) is 0 Å². The highest BCUT2D eigenvalue weighted by molar-refractivity contribution is 5.92. The van der Waals surface area contributed by atoms with Crippen molar-refractivity contribution in [3.05, 3.63) is 35.4 Å². The second-order valence-electron chi connectivity index (χ2n) is 5.70. The maximum Gasteiger partial charge on any atom is 0.248 e. The molecule has 1 aromatic rings. The van der Waals surface area contributed by atoms with E-state index in [9.17, 15) is 4.79 Å². The van der Waals surface area contributed by atoms with Crippen LogP contribution in [0.5, 0.6) is 0 Å². The lowest BCUT2D eigenvalue weighted by atomic mass is 10.1. The smallest absolute Gasteiger partial charge is 0.248 e. The number of piperidine rings is 1. The van der Waals surface area contributed by atoms with Gasteiger partial charge in [0.2, 0.25) is 5.91 Å². The van der Waals surface area contributed by atoms with Gasteiger partial charge in [-0.15, -0.1) is 0 Å². The molecule has 0 aliphatic carbocycles. The molecule has 3 N–H and O–H groups in total. The van der Waals surface area contributed by atoms with Crippen LogP contribution in [0.3, 0.4) is 0 Å². The number of carbonyl (C=O) groups excluding carboxylic acids is 1. The van der Waals surface area contributed by atoms with Crippen molar-refractivity contribution < 1.29 is 4.79 Å². The second kappa shape index (κ2) is 7.41. The average molecular weight is 275 g/mol. The number of rotatable bonds is 6. The molecule has 110 valence electrons. The molecule has 1 aliphatic heterocycles. The molecule has 0 aromatic heterocycles. The van der Waals surface area contributed by atoms with Gasteiger partial charge in [-0.1, -0.05) is 18.6 Å². The molecule has 0 radical (unpaired) electrons. The Balaban J connectivity index is 1.74. The number of hydrogen-bond donors (Lipinski definition) is 2. The maximum absolute atomic E-state index is 11.0. The van der Waals surface area contributed by atoms with Crippen LogP contribution in [-0.2, 0) is 6.54 Å². The fraction of sp³-hybridized carbons (Fsp3) is 0.562. The van der Waals surface area contributed by atoms with E-state index in [1.165, 1.54) is 37.9 Å². The van der Waals surface area contributed by atoms with E-state index in [1.807, 2.05) is 12.1 Å². The summed E-state index contributed by atoms with van der Waals surface area (Å²) in [6.07, 6.45) is 4.05. The molecule has 20 heavy (non-hydrogen) atoms. The van der Waals surface area contributed by atoms with Gasteiger partial charge in [-0.3, -0.25) is 4.79 Å². The van der Waals surface area contributed by atoms with Crippen LogP contribution >= 0.6 is 0 Å². The lowest BCUT2D eigenvalue weighted by molar-refractivity contribution is 0.100. The predicted molar refractivity (Wildman–Crippen MR) is 81.6 cm³/mol. The zero-order valence-corrected chi connectivity index (χ0v) is 12.3. The molecule has 1 atom stereocenters. The SMILES string of the molecule is CC(CN1CCCCC1)NCc1ccc(C(N)=O)cc1. The minimum Gasteiger partial charge on any atom is -0.366 e. The summed E-state index contributed by atoms with van der Waals surface area (Å²) in [5.74, 6) is -0.372. The van der Waals surface area contributed by atoms with Crippen LogP contribution in [0.25, 0.3) is 0 Å². The molecule has 1 aromatic carbocycles. The van der Waals surface area contributed by atoms with E-state index in [0.29, 0.717) is 11.6 Å². The number of likely N-dealkylation sites (tertiary alicyclic amines) is 1. The van der Waals surface area contributed by atoms with Crippen LogP contribution in [0.1, 0.15) is 42.1 Å². The highest BCUT2D eigenvalue weighted by Gasteiger charge is 2.12. The number of nitrogens with one attached hydrogen (secondary N) is 1. The van der Waals surface area contributed by atoms with Gasteiger partial charge in [0.15, 0.2) is 0 Å². The molecule has 0 spiro atoms. The molecule has 0 bridgehead atoms. The fourth-order valence-corrected chi connectivity index (χ4v) is 2.67. The Kier molecular flexibility index (Phi) is 5.56. The summed E-state index contributed by atoms with van der Waals surface area (Å²) in [5.41, 5.74) is 6.98. The first kappa shape index (κ1) is 15.0. The Bertz CT molecular complexity index is 424. The molecule has 2 rings (SSSR count). The van der Waals surface area contributed by atoms with Crippen molar-refractivity contribution in [3.63, 3.8) is 0 Å². The number of amides is 1. The molecule has 1 amide bonds. The third-order valence-electron chi connectivity index (χ3n) is 3.87. The Morgan fingerprint density at radius 2 is 1.90 bits per heavy atom. The third-order valence-corrected chi connectivity index (χ3v) is 3.87. The highest BCUT2D eigenvalue weighted by atomic mass is 16.1. The van der Waals surface area contributed by atoms with Crippen molar-refractivity contribution in [3.8, 4) is 0 Å². The van der Waals surface area contributed by atoms with Gasteiger partial charge in [0.1, 0.15) is 0 Å². The first-order valence-electron chi connectivity index (χ1n) is 7.49. The first-order valence-corrected chi connectivity index (χ1v) is 7.49. The highest BCUT2D eigenvalue weighted by Crippen LogP contribution is 2.09. The van der Waals surface area contributed by atoms with Crippen molar-refractivity contribution in [1.82, 2.24) is 10.2 Å². The lowest BCUT2D eigenvalue weighted by Gasteiger charge is -2.29. The molecule has 4 nitrogen and oxygen atoms in total. The van der Waals surface area contributed by atoms with E-state index in [2.05, 4.69) is 17.1 Å². The summed E-state index contributed by atoms with van der Waals surface area (Å²) in [6, 6.07) is 7.97. The van der Waals surface area contributed by atoms with Crippen LogP contribution in [-0.4, -0.2) is 36.5 Å². The van der Waals surface area contributed by atoms with E-state index in [-0.39, 0.29) is 5.91 Å². The number of carbonyl (C=O) groups is 1. The van der Waals surface area contributed by atoms with Crippen LogP contribution in [0.2, 0.25) is 0 Å². The van der Waals surface area contributed by atoms with Crippen molar-refractivity contribution in [2.24, 2.45) is 5.73 Å². The maximum atomic E-state index is 11.0. The van der Waals surface area contributed by atoms with Crippen molar-refractivity contribution >= 4 is 5.91 Å². The van der Waals surface area contributed by atoms with Crippen LogP contribution in [0.15, 0.2) is 24.3 Å². The molecule has 1 saturated heterocycles. The van der Waals surface area contributed by atoms with Crippen LogP contribution in [0, 0.1) is 0 Å². The van der Waals surface area contributed by atoms with E-state index in [1.54, 1.807) is 12.1 Å². The zero-order chi connectivity index (χ0) is 14.4. The van der Waals surface area contributed by atoms with Crippen molar-refractivity contribution in [2.75, 3.05) is 19.6 Å². The second-order valence-corrected chi connectivity index (χ2v) is 5.70. The summed E-state index contributed by atoms with van der Waals surface area (Å²) < 4.78 is 0. The molecule has 1 heterocycles. The number of primary amides is 1. The normalized spacial score (nSPS) is 17.9. The van der Waals surface area contributed by atoms with E-state index in [0.717, 1.165) is 13.1 Å². The van der Waals surface area contributed by atoms with Crippen LogP contribution < -0.4 is 11.1 Å². The van der Waals surface area contributed by atoms with Gasteiger partial charge < -0.3 is 16.0 Å². The van der Waals surface area contributed by atoms with E-state index in [4.69, 9.17) is 5.73 Å². The summed E-state index contributed by atoms with van der Waals surface area (Å²) in [6.45, 7) is 6.64.